The molecule has 1 amide bonds. The monoisotopic (exact) mass is 407 g/mol. The summed E-state index contributed by atoms with van der Waals surface area (Å²) < 4.78 is 30.7. The number of hydrogen-bond donors (Lipinski definition) is 0. The fraction of sp³-hybridized carbons (Fsp3) is 0.350. The van der Waals surface area contributed by atoms with E-state index in [2.05, 4.69) is 0 Å². The van der Waals surface area contributed by atoms with Gasteiger partial charge in [0.2, 0.25) is 5.91 Å². The van der Waals surface area contributed by atoms with E-state index in [0.29, 0.717) is 48.0 Å². The zero-order chi connectivity index (χ0) is 19.4. The van der Waals surface area contributed by atoms with Crippen molar-refractivity contribution >= 4 is 27.3 Å². The van der Waals surface area contributed by atoms with Crippen LogP contribution in [0.1, 0.15) is 18.4 Å². The molecule has 3 rings (SSSR count). The summed E-state index contributed by atoms with van der Waals surface area (Å²) in [6, 6.07) is 13.6. The van der Waals surface area contributed by atoms with E-state index in [1.165, 1.54) is 0 Å². The SMILES string of the molecule is COc1ccc(S(=O)(=O)C2CCN(C(=O)Cc3ccc(Cl)cc3)CC2)cc1. The zero-order valence-electron chi connectivity index (χ0n) is 15.1. The van der Waals surface area contributed by atoms with Gasteiger partial charge in [0.25, 0.3) is 0 Å². The van der Waals surface area contributed by atoms with E-state index >= 15 is 0 Å². The number of benzene rings is 2. The summed E-state index contributed by atoms with van der Waals surface area (Å²) in [7, 11) is -1.87. The normalized spacial score (nSPS) is 15.6. The second-order valence-electron chi connectivity index (χ2n) is 6.60. The lowest BCUT2D eigenvalue weighted by molar-refractivity contribution is -0.131. The highest BCUT2D eigenvalue weighted by atomic mass is 35.5. The molecular weight excluding hydrogens is 386 g/mol. The first-order chi connectivity index (χ1) is 12.9. The Morgan fingerprint density at radius 1 is 1.07 bits per heavy atom. The van der Waals surface area contributed by atoms with E-state index in [-0.39, 0.29) is 5.91 Å². The van der Waals surface area contributed by atoms with Gasteiger partial charge in [0, 0.05) is 18.1 Å². The van der Waals surface area contributed by atoms with Gasteiger partial charge in [-0.2, -0.15) is 0 Å². The van der Waals surface area contributed by atoms with Gasteiger partial charge in [-0.15, -0.1) is 0 Å². The standard InChI is InChI=1S/C20H22ClNO4S/c1-26-17-6-8-18(9-7-17)27(24,25)19-10-12-22(13-11-19)20(23)14-15-2-4-16(21)5-3-15/h2-9,19H,10-14H2,1H3. The van der Waals surface area contributed by atoms with Crippen LogP contribution in [-0.4, -0.2) is 44.7 Å². The molecule has 27 heavy (non-hydrogen) atoms. The maximum absolute atomic E-state index is 12.8. The molecular formula is C20H22ClNO4S. The Hall–Kier alpha value is -2.05. The van der Waals surface area contributed by atoms with Crippen LogP contribution in [0.3, 0.4) is 0 Å². The fourth-order valence-corrected chi connectivity index (χ4v) is 5.12. The van der Waals surface area contributed by atoms with Crippen LogP contribution in [0.5, 0.6) is 5.75 Å². The molecule has 1 heterocycles. The minimum absolute atomic E-state index is 0.0117. The van der Waals surface area contributed by atoms with Crippen molar-refractivity contribution < 1.29 is 17.9 Å². The van der Waals surface area contributed by atoms with Gasteiger partial charge in [-0.3, -0.25) is 4.79 Å². The number of piperidine rings is 1. The molecule has 1 aliphatic heterocycles. The van der Waals surface area contributed by atoms with Crippen molar-refractivity contribution in [3.63, 3.8) is 0 Å². The van der Waals surface area contributed by atoms with E-state index in [9.17, 15) is 13.2 Å². The van der Waals surface area contributed by atoms with Crippen LogP contribution in [0.25, 0.3) is 0 Å². The molecule has 0 bridgehead atoms. The van der Waals surface area contributed by atoms with Gasteiger partial charge in [0.15, 0.2) is 9.84 Å². The highest BCUT2D eigenvalue weighted by Gasteiger charge is 2.32. The smallest absolute Gasteiger partial charge is 0.226 e. The van der Waals surface area contributed by atoms with Gasteiger partial charge in [0.1, 0.15) is 5.75 Å². The summed E-state index contributed by atoms with van der Waals surface area (Å²) in [6.07, 6.45) is 1.19. The van der Waals surface area contributed by atoms with Gasteiger partial charge in [0.05, 0.1) is 23.7 Å². The molecule has 7 heteroatoms. The number of hydrogen-bond acceptors (Lipinski definition) is 4. The van der Waals surface area contributed by atoms with E-state index in [4.69, 9.17) is 16.3 Å². The van der Waals surface area contributed by atoms with Crippen molar-refractivity contribution in [3.8, 4) is 5.75 Å². The summed E-state index contributed by atoms with van der Waals surface area (Å²) in [6.45, 7) is 0.902. The van der Waals surface area contributed by atoms with Crippen molar-refractivity contribution in [2.75, 3.05) is 20.2 Å². The predicted molar refractivity (Wildman–Crippen MR) is 105 cm³/mol. The van der Waals surface area contributed by atoms with Crippen LogP contribution in [-0.2, 0) is 21.1 Å². The zero-order valence-corrected chi connectivity index (χ0v) is 16.7. The first-order valence-corrected chi connectivity index (χ1v) is 10.7. The van der Waals surface area contributed by atoms with Crippen molar-refractivity contribution in [1.29, 1.82) is 0 Å². The molecule has 5 nitrogen and oxygen atoms in total. The minimum atomic E-state index is -3.41. The number of ether oxygens (including phenoxy) is 1. The molecule has 144 valence electrons. The van der Waals surface area contributed by atoms with Gasteiger partial charge in [-0.05, 0) is 54.8 Å². The number of likely N-dealkylation sites (tertiary alicyclic amines) is 1. The molecule has 1 saturated heterocycles. The number of methoxy groups -OCH3 is 1. The Balaban J connectivity index is 1.60. The van der Waals surface area contributed by atoms with Crippen molar-refractivity contribution in [3.05, 3.63) is 59.1 Å². The van der Waals surface area contributed by atoms with Crippen LogP contribution in [0, 0.1) is 0 Å². The number of sulfone groups is 1. The number of carbonyl (C=O) groups is 1. The topological polar surface area (TPSA) is 63.7 Å². The quantitative estimate of drug-likeness (QED) is 0.762. The minimum Gasteiger partial charge on any atom is -0.497 e. The second-order valence-corrected chi connectivity index (χ2v) is 9.27. The largest absolute Gasteiger partial charge is 0.497 e. The van der Waals surface area contributed by atoms with Crippen LogP contribution >= 0.6 is 11.6 Å². The molecule has 2 aromatic carbocycles. The first-order valence-electron chi connectivity index (χ1n) is 8.80. The van der Waals surface area contributed by atoms with Crippen LogP contribution in [0.15, 0.2) is 53.4 Å². The van der Waals surface area contributed by atoms with Gasteiger partial charge >= 0.3 is 0 Å². The molecule has 0 spiro atoms. The highest BCUT2D eigenvalue weighted by molar-refractivity contribution is 7.92. The molecule has 0 aromatic heterocycles. The molecule has 0 aliphatic carbocycles. The number of halogens is 1. The molecule has 0 unspecified atom stereocenters. The first kappa shape index (κ1) is 19.7. The molecule has 1 aliphatic rings. The summed E-state index contributed by atoms with van der Waals surface area (Å²) >= 11 is 5.86. The summed E-state index contributed by atoms with van der Waals surface area (Å²) in [5, 5.41) is 0.168. The van der Waals surface area contributed by atoms with Crippen molar-refractivity contribution in [1.82, 2.24) is 4.90 Å². The van der Waals surface area contributed by atoms with E-state index in [1.54, 1.807) is 48.4 Å². The third-order valence-electron chi connectivity index (χ3n) is 4.89. The molecule has 0 radical (unpaired) electrons. The molecule has 0 atom stereocenters. The van der Waals surface area contributed by atoms with Crippen LogP contribution in [0.4, 0.5) is 0 Å². The van der Waals surface area contributed by atoms with Crippen molar-refractivity contribution in [2.24, 2.45) is 0 Å². The summed E-state index contributed by atoms with van der Waals surface area (Å²) in [5.74, 6) is 0.634. The Kier molecular flexibility index (Phi) is 6.07. The lowest BCUT2D eigenvalue weighted by atomic mass is 10.1. The Bertz CT molecular complexity index is 887. The third kappa shape index (κ3) is 4.62. The van der Waals surface area contributed by atoms with Gasteiger partial charge in [-0.1, -0.05) is 23.7 Å². The lowest BCUT2D eigenvalue weighted by Crippen LogP contribution is -2.43. The molecule has 2 aromatic rings. The second kappa shape index (κ2) is 8.31. The lowest BCUT2D eigenvalue weighted by Gasteiger charge is -2.32. The molecule has 0 N–H and O–H groups in total. The molecule has 1 fully saturated rings. The van der Waals surface area contributed by atoms with Gasteiger partial charge in [-0.25, -0.2) is 8.42 Å². The highest BCUT2D eigenvalue weighted by Crippen LogP contribution is 2.26. The number of nitrogens with zero attached hydrogens (tertiary/aromatic N) is 1. The summed E-state index contributed by atoms with van der Waals surface area (Å²) in [5.41, 5.74) is 0.900. The fourth-order valence-electron chi connectivity index (χ4n) is 3.26. The van der Waals surface area contributed by atoms with E-state index in [0.717, 1.165) is 5.56 Å². The van der Waals surface area contributed by atoms with Gasteiger partial charge < -0.3 is 9.64 Å². The van der Waals surface area contributed by atoms with Crippen molar-refractivity contribution in [2.45, 2.75) is 29.4 Å². The van der Waals surface area contributed by atoms with E-state index < -0.39 is 15.1 Å². The average molecular weight is 408 g/mol. The number of amides is 1. The van der Waals surface area contributed by atoms with E-state index in [1.807, 2.05) is 12.1 Å². The Morgan fingerprint density at radius 3 is 2.22 bits per heavy atom. The maximum Gasteiger partial charge on any atom is 0.226 e. The average Bonchev–Trinajstić information content (AvgIpc) is 2.70. The number of carbonyl (C=O) groups excluding carboxylic acids is 1. The molecule has 0 saturated carbocycles. The van der Waals surface area contributed by atoms with Crippen LogP contribution in [0.2, 0.25) is 5.02 Å². The van der Waals surface area contributed by atoms with Crippen LogP contribution < -0.4 is 4.74 Å². The predicted octanol–water partition coefficient (Wildman–Crippen LogP) is 3.36. The summed E-state index contributed by atoms with van der Waals surface area (Å²) in [4.78, 5) is 14.5. The number of rotatable bonds is 5. The maximum atomic E-state index is 12.8. The Morgan fingerprint density at radius 2 is 1.67 bits per heavy atom. The third-order valence-corrected chi connectivity index (χ3v) is 7.42. The Labute approximate surface area is 164 Å².